The standard InChI is InChI=1S/C15H25F3N4O2/c1-5-22(6-2)11(7-10(3)4)9-19-14(23)20-13-8-12(21-24-13)15(16,17)18/h8,10-11H,5-7,9H2,1-4H3,(H2,19,20,23). The Hall–Kier alpha value is -1.77. The van der Waals surface area contributed by atoms with Crippen LogP contribution in [0.2, 0.25) is 0 Å². The van der Waals surface area contributed by atoms with Crippen LogP contribution in [0.25, 0.3) is 0 Å². The second kappa shape index (κ2) is 8.91. The second-order valence-electron chi connectivity index (χ2n) is 5.91. The number of hydrogen-bond donors (Lipinski definition) is 2. The quantitative estimate of drug-likeness (QED) is 0.752. The number of nitrogens with one attached hydrogen (secondary N) is 2. The van der Waals surface area contributed by atoms with Crippen molar-refractivity contribution in [2.75, 3.05) is 25.0 Å². The molecule has 0 fully saturated rings. The molecule has 138 valence electrons. The molecule has 1 aromatic rings. The van der Waals surface area contributed by atoms with Crippen molar-refractivity contribution in [3.8, 4) is 0 Å². The molecule has 0 radical (unpaired) electrons. The molecule has 0 bridgehead atoms. The molecule has 9 heteroatoms. The van der Waals surface area contributed by atoms with Crippen molar-refractivity contribution in [1.82, 2.24) is 15.4 Å². The average molecular weight is 350 g/mol. The molecule has 1 rings (SSSR count). The normalized spacial score (nSPS) is 13.4. The van der Waals surface area contributed by atoms with E-state index in [1.807, 2.05) is 13.8 Å². The number of amides is 2. The number of carbonyl (C=O) groups excluding carboxylic acids is 1. The highest BCUT2D eigenvalue weighted by molar-refractivity contribution is 5.87. The van der Waals surface area contributed by atoms with Crippen LogP contribution in [0.15, 0.2) is 10.6 Å². The van der Waals surface area contributed by atoms with Gasteiger partial charge in [-0.15, -0.1) is 0 Å². The number of rotatable bonds is 8. The van der Waals surface area contributed by atoms with Crippen LogP contribution in [0.4, 0.5) is 23.8 Å². The summed E-state index contributed by atoms with van der Waals surface area (Å²) in [6, 6.07) is 0.183. The molecule has 0 saturated heterocycles. The molecule has 6 nitrogen and oxygen atoms in total. The first-order valence-corrected chi connectivity index (χ1v) is 8.00. The Labute approximate surface area is 139 Å². The summed E-state index contributed by atoms with van der Waals surface area (Å²) in [5.74, 6) is 0.118. The van der Waals surface area contributed by atoms with Gasteiger partial charge in [-0.25, -0.2) is 4.79 Å². The molecule has 0 spiro atoms. The van der Waals surface area contributed by atoms with Crippen LogP contribution in [0.3, 0.4) is 0 Å². The van der Waals surface area contributed by atoms with Crippen molar-refractivity contribution in [3.05, 3.63) is 11.8 Å². The Morgan fingerprint density at radius 1 is 1.33 bits per heavy atom. The summed E-state index contributed by atoms with van der Waals surface area (Å²) in [7, 11) is 0. The molecule has 1 aromatic heterocycles. The second-order valence-corrected chi connectivity index (χ2v) is 5.91. The fraction of sp³-hybridized carbons (Fsp3) is 0.733. The molecule has 0 saturated carbocycles. The maximum Gasteiger partial charge on any atom is 0.436 e. The van der Waals surface area contributed by atoms with Gasteiger partial charge in [0.15, 0.2) is 5.69 Å². The molecule has 2 N–H and O–H groups in total. The number of carbonyl (C=O) groups is 1. The van der Waals surface area contributed by atoms with E-state index in [0.717, 1.165) is 19.5 Å². The minimum absolute atomic E-state index is 0.159. The fourth-order valence-corrected chi connectivity index (χ4v) is 2.48. The number of nitrogens with zero attached hydrogens (tertiary/aromatic N) is 2. The van der Waals surface area contributed by atoms with Crippen LogP contribution in [-0.2, 0) is 6.18 Å². The Kier molecular flexibility index (Phi) is 7.53. The van der Waals surface area contributed by atoms with Gasteiger partial charge in [-0.2, -0.15) is 13.2 Å². The topological polar surface area (TPSA) is 70.4 Å². The minimum Gasteiger partial charge on any atom is -0.338 e. The highest BCUT2D eigenvalue weighted by Crippen LogP contribution is 2.29. The molecule has 0 aromatic carbocycles. The van der Waals surface area contributed by atoms with E-state index in [1.165, 1.54) is 0 Å². The molecule has 1 atom stereocenters. The number of urea groups is 1. The van der Waals surface area contributed by atoms with Gasteiger partial charge in [0.2, 0.25) is 5.88 Å². The van der Waals surface area contributed by atoms with Crippen molar-refractivity contribution in [3.63, 3.8) is 0 Å². The van der Waals surface area contributed by atoms with Crippen molar-refractivity contribution in [2.24, 2.45) is 5.92 Å². The first-order valence-electron chi connectivity index (χ1n) is 8.00. The number of alkyl halides is 3. The molecule has 1 heterocycles. The van der Waals surface area contributed by atoms with E-state index in [4.69, 9.17) is 0 Å². The van der Waals surface area contributed by atoms with E-state index in [1.54, 1.807) is 0 Å². The van der Waals surface area contributed by atoms with Gasteiger partial charge >= 0.3 is 12.2 Å². The fourth-order valence-electron chi connectivity index (χ4n) is 2.48. The van der Waals surface area contributed by atoms with Crippen LogP contribution in [0.1, 0.15) is 39.8 Å². The molecule has 0 aliphatic rings. The van der Waals surface area contributed by atoms with Crippen LogP contribution >= 0.6 is 0 Å². The zero-order chi connectivity index (χ0) is 18.3. The lowest BCUT2D eigenvalue weighted by molar-refractivity contribution is -0.142. The van der Waals surface area contributed by atoms with E-state index in [2.05, 4.69) is 39.1 Å². The Morgan fingerprint density at radius 2 is 1.96 bits per heavy atom. The van der Waals surface area contributed by atoms with Crippen LogP contribution < -0.4 is 10.6 Å². The van der Waals surface area contributed by atoms with Crippen molar-refractivity contribution < 1.29 is 22.5 Å². The maximum atomic E-state index is 12.4. The molecule has 24 heavy (non-hydrogen) atoms. The third-order valence-electron chi connectivity index (χ3n) is 3.61. The minimum atomic E-state index is -4.61. The predicted molar refractivity (Wildman–Crippen MR) is 84.7 cm³/mol. The summed E-state index contributed by atoms with van der Waals surface area (Å²) < 4.78 is 41.7. The largest absolute Gasteiger partial charge is 0.436 e. The molecule has 0 aliphatic heterocycles. The number of hydrogen-bond acceptors (Lipinski definition) is 4. The lowest BCUT2D eigenvalue weighted by Gasteiger charge is -2.31. The third kappa shape index (κ3) is 6.38. The van der Waals surface area contributed by atoms with Crippen LogP contribution in [-0.4, -0.2) is 41.8 Å². The molecule has 2 amide bonds. The average Bonchev–Trinajstić information content (AvgIpc) is 2.94. The predicted octanol–water partition coefficient (Wildman–Crippen LogP) is 3.57. The van der Waals surface area contributed by atoms with Gasteiger partial charge in [0, 0.05) is 18.7 Å². The third-order valence-corrected chi connectivity index (χ3v) is 3.61. The zero-order valence-electron chi connectivity index (χ0n) is 14.4. The summed E-state index contributed by atoms with van der Waals surface area (Å²) in [5, 5.41) is 7.77. The molecule has 0 aliphatic carbocycles. The lowest BCUT2D eigenvalue weighted by Crippen LogP contribution is -2.45. The Bertz CT molecular complexity index is 513. The van der Waals surface area contributed by atoms with Gasteiger partial charge in [-0.1, -0.05) is 32.9 Å². The summed E-state index contributed by atoms with van der Waals surface area (Å²) in [6.45, 7) is 10.4. The summed E-state index contributed by atoms with van der Waals surface area (Å²) in [4.78, 5) is 14.1. The van der Waals surface area contributed by atoms with Crippen molar-refractivity contribution in [1.29, 1.82) is 0 Å². The Balaban J connectivity index is 2.57. The molecule has 1 unspecified atom stereocenters. The molecular weight excluding hydrogens is 325 g/mol. The number of aromatic nitrogens is 1. The van der Waals surface area contributed by atoms with Crippen LogP contribution in [0, 0.1) is 5.92 Å². The van der Waals surface area contributed by atoms with Gasteiger partial charge in [0.25, 0.3) is 0 Å². The zero-order valence-corrected chi connectivity index (χ0v) is 14.4. The van der Waals surface area contributed by atoms with Gasteiger partial charge in [-0.05, 0) is 25.4 Å². The molecular formula is C15H25F3N4O2. The van der Waals surface area contributed by atoms with Crippen LogP contribution in [0.5, 0.6) is 0 Å². The first-order chi connectivity index (χ1) is 11.2. The van der Waals surface area contributed by atoms with E-state index in [9.17, 15) is 18.0 Å². The van der Waals surface area contributed by atoms with E-state index in [-0.39, 0.29) is 11.9 Å². The first kappa shape index (κ1) is 20.3. The highest BCUT2D eigenvalue weighted by atomic mass is 19.4. The Morgan fingerprint density at radius 3 is 2.42 bits per heavy atom. The summed E-state index contributed by atoms with van der Waals surface area (Å²) in [5.41, 5.74) is -1.18. The van der Waals surface area contributed by atoms with E-state index < -0.39 is 17.9 Å². The smallest absolute Gasteiger partial charge is 0.338 e. The van der Waals surface area contributed by atoms with E-state index in [0.29, 0.717) is 18.5 Å². The highest BCUT2D eigenvalue weighted by Gasteiger charge is 2.35. The van der Waals surface area contributed by atoms with Gasteiger partial charge in [-0.3, -0.25) is 10.2 Å². The van der Waals surface area contributed by atoms with Gasteiger partial charge in [0.1, 0.15) is 0 Å². The lowest BCUT2D eigenvalue weighted by atomic mass is 10.0. The number of halogens is 3. The SMILES string of the molecule is CCN(CC)C(CNC(=O)Nc1cc(C(F)(F)F)no1)CC(C)C. The van der Waals surface area contributed by atoms with Gasteiger partial charge < -0.3 is 9.84 Å². The number of anilines is 1. The van der Waals surface area contributed by atoms with Crippen molar-refractivity contribution >= 4 is 11.9 Å². The monoisotopic (exact) mass is 350 g/mol. The summed E-state index contributed by atoms with van der Waals surface area (Å²) in [6.07, 6.45) is -3.70. The number of likely N-dealkylation sites (N-methyl/N-ethyl adjacent to an activating group) is 1. The van der Waals surface area contributed by atoms with Crippen molar-refractivity contribution in [2.45, 2.75) is 46.3 Å². The van der Waals surface area contributed by atoms with Gasteiger partial charge in [0.05, 0.1) is 0 Å². The van der Waals surface area contributed by atoms with E-state index >= 15 is 0 Å². The maximum absolute atomic E-state index is 12.4. The summed E-state index contributed by atoms with van der Waals surface area (Å²) >= 11 is 0.